The minimum absolute atomic E-state index is 0.187. The zero-order valence-corrected chi connectivity index (χ0v) is 12.6. The van der Waals surface area contributed by atoms with E-state index in [1.54, 1.807) is 30.5 Å². The first-order valence-corrected chi connectivity index (χ1v) is 8.55. The summed E-state index contributed by atoms with van der Waals surface area (Å²) in [4.78, 5) is 4.30. The minimum atomic E-state index is -3.57. The number of fused-ring (bicyclic) bond motifs is 3. The van der Waals surface area contributed by atoms with E-state index in [2.05, 4.69) is 10.3 Å². The van der Waals surface area contributed by atoms with Gasteiger partial charge in [0.2, 0.25) is 9.84 Å². The molecule has 22 heavy (non-hydrogen) atoms. The number of hydrogen-bond acceptors (Lipinski definition) is 5. The molecule has 1 aliphatic rings. The van der Waals surface area contributed by atoms with E-state index in [1.807, 2.05) is 6.07 Å². The Bertz CT molecular complexity index is 946. The fraction of sp³-hybridized carbons (Fsp3) is 0.188. The van der Waals surface area contributed by atoms with Crippen molar-refractivity contribution in [1.29, 1.82) is 0 Å². The van der Waals surface area contributed by atoms with Gasteiger partial charge in [-0.15, -0.1) is 0 Å². The summed E-state index contributed by atoms with van der Waals surface area (Å²) in [5, 5.41) is 4.25. The lowest BCUT2D eigenvalue weighted by molar-refractivity contribution is 0.487. The number of nitrogens with one attached hydrogen (secondary N) is 1. The number of furan rings is 1. The van der Waals surface area contributed by atoms with Gasteiger partial charge < -0.3 is 9.73 Å². The maximum Gasteiger partial charge on any atom is 0.208 e. The van der Waals surface area contributed by atoms with E-state index >= 15 is 0 Å². The van der Waals surface area contributed by atoms with Gasteiger partial charge in [0.1, 0.15) is 11.3 Å². The maximum absolute atomic E-state index is 12.6. The SMILES string of the molecule is O=S(=O)(c1cccnc1)c1ccc2c3c(oc2c1)CNCC3. The van der Waals surface area contributed by atoms with Crippen LogP contribution in [0, 0.1) is 0 Å². The van der Waals surface area contributed by atoms with E-state index in [0.717, 1.165) is 24.1 Å². The normalized spacial score (nSPS) is 14.9. The van der Waals surface area contributed by atoms with E-state index in [9.17, 15) is 8.42 Å². The van der Waals surface area contributed by atoms with Crippen molar-refractivity contribution in [3.8, 4) is 0 Å². The number of hydrogen-bond donors (Lipinski definition) is 1. The molecule has 0 unspecified atom stereocenters. The third-order valence-corrected chi connectivity index (χ3v) is 5.68. The molecule has 0 saturated carbocycles. The number of sulfone groups is 1. The first kappa shape index (κ1) is 13.5. The van der Waals surface area contributed by atoms with E-state index in [0.29, 0.717) is 12.1 Å². The monoisotopic (exact) mass is 314 g/mol. The van der Waals surface area contributed by atoms with Crippen molar-refractivity contribution in [2.45, 2.75) is 22.8 Å². The Kier molecular flexibility index (Phi) is 3.02. The standard InChI is InChI=1S/C16H14N2O3S/c19-22(20,12-2-1-6-17-9-12)11-3-4-13-14-5-7-18-10-16(14)21-15(13)8-11/h1-4,6,8-9,18H,5,7,10H2. The molecular weight excluding hydrogens is 300 g/mol. The van der Waals surface area contributed by atoms with Crippen LogP contribution in [0.1, 0.15) is 11.3 Å². The number of nitrogens with zero attached hydrogens (tertiary/aromatic N) is 1. The molecule has 3 heterocycles. The lowest BCUT2D eigenvalue weighted by Crippen LogP contribution is -2.22. The molecule has 0 fully saturated rings. The first-order chi connectivity index (χ1) is 10.7. The van der Waals surface area contributed by atoms with Crippen LogP contribution in [0.4, 0.5) is 0 Å². The molecule has 2 aromatic heterocycles. The van der Waals surface area contributed by atoms with E-state index < -0.39 is 9.84 Å². The van der Waals surface area contributed by atoms with Crippen molar-refractivity contribution in [3.63, 3.8) is 0 Å². The van der Waals surface area contributed by atoms with Crippen LogP contribution < -0.4 is 5.32 Å². The van der Waals surface area contributed by atoms with Crippen LogP contribution in [-0.2, 0) is 22.8 Å². The molecule has 0 aliphatic carbocycles. The Morgan fingerprint density at radius 1 is 1.18 bits per heavy atom. The molecule has 0 atom stereocenters. The van der Waals surface area contributed by atoms with Crippen LogP contribution in [0.5, 0.6) is 0 Å². The minimum Gasteiger partial charge on any atom is -0.459 e. The van der Waals surface area contributed by atoms with Gasteiger partial charge in [-0.2, -0.15) is 0 Å². The van der Waals surface area contributed by atoms with Crippen molar-refractivity contribution in [2.24, 2.45) is 0 Å². The lowest BCUT2D eigenvalue weighted by atomic mass is 10.1. The van der Waals surface area contributed by atoms with Crippen molar-refractivity contribution < 1.29 is 12.8 Å². The highest BCUT2D eigenvalue weighted by Gasteiger charge is 2.22. The number of benzene rings is 1. The largest absolute Gasteiger partial charge is 0.459 e. The highest BCUT2D eigenvalue weighted by atomic mass is 32.2. The predicted molar refractivity (Wildman–Crippen MR) is 81.3 cm³/mol. The fourth-order valence-electron chi connectivity index (χ4n) is 2.82. The molecule has 0 spiro atoms. The second-order valence-electron chi connectivity index (χ2n) is 5.28. The smallest absolute Gasteiger partial charge is 0.208 e. The Labute approximate surface area is 127 Å². The van der Waals surface area contributed by atoms with Gasteiger partial charge in [0.25, 0.3) is 0 Å². The fourth-order valence-corrected chi connectivity index (χ4v) is 4.06. The molecule has 0 saturated heterocycles. The van der Waals surface area contributed by atoms with E-state index in [1.165, 1.54) is 11.8 Å². The summed E-state index contributed by atoms with van der Waals surface area (Å²) in [6, 6.07) is 8.25. The van der Waals surface area contributed by atoms with Crippen molar-refractivity contribution in [1.82, 2.24) is 10.3 Å². The van der Waals surface area contributed by atoms with Crippen LogP contribution >= 0.6 is 0 Å². The van der Waals surface area contributed by atoms with Gasteiger partial charge in [-0.05, 0) is 37.2 Å². The number of aromatic nitrogens is 1. The second-order valence-corrected chi connectivity index (χ2v) is 7.23. The number of pyridine rings is 1. The van der Waals surface area contributed by atoms with E-state index in [-0.39, 0.29) is 9.79 Å². The summed E-state index contributed by atoms with van der Waals surface area (Å²) in [5.74, 6) is 0.900. The Balaban J connectivity index is 1.87. The lowest BCUT2D eigenvalue weighted by Gasteiger charge is -2.10. The molecule has 6 heteroatoms. The molecule has 0 radical (unpaired) electrons. The van der Waals surface area contributed by atoms with Gasteiger partial charge in [0.05, 0.1) is 16.3 Å². The molecule has 0 amide bonds. The summed E-state index contributed by atoms with van der Waals surface area (Å²) < 4.78 is 31.1. The van der Waals surface area contributed by atoms with Crippen LogP contribution in [-0.4, -0.2) is 19.9 Å². The van der Waals surface area contributed by atoms with Crippen LogP contribution in [0.25, 0.3) is 11.0 Å². The molecule has 1 aliphatic heterocycles. The average molecular weight is 314 g/mol. The Hall–Kier alpha value is -2.18. The molecular formula is C16H14N2O3S. The number of rotatable bonds is 2. The summed E-state index contributed by atoms with van der Waals surface area (Å²) in [7, 11) is -3.57. The van der Waals surface area contributed by atoms with Gasteiger partial charge in [-0.3, -0.25) is 4.98 Å². The molecule has 112 valence electrons. The van der Waals surface area contributed by atoms with Gasteiger partial charge in [0, 0.05) is 29.4 Å². The zero-order valence-electron chi connectivity index (χ0n) is 11.7. The van der Waals surface area contributed by atoms with Crippen molar-refractivity contribution >= 4 is 20.8 Å². The average Bonchev–Trinajstić information content (AvgIpc) is 2.93. The second kappa shape index (κ2) is 4.93. The van der Waals surface area contributed by atoms with Gasteiger partial charge in [-0.1, -0.05) is 0 Å². The summed E-state index contributed by atoms with van der Waals surface area (Å²) >= 11 is 0. The van der Waals surface area contributed by atoms with Crippen LogP contribution in [0.3, 0.4) is 0 Å². The van der Waals surface area contributed by atoms with Crippen LogP contribution in [0.15, 0.2) is 56.9 Å². The molecule has 4 rings (SSSR count). The van der Waals surface area contributed by atoms with Crippen LogP contribution in [0.2, 0.25) is 0 Å². The maximum atomic E-state index is 12.6. The third-order valence-electron chi connectivity index (χ3n) is 3.94. The highest BCUT2D eigenvalue weighted by molar-refractivity contribution is 7.91. The first-order valence-electron chi connectivity index (χ1n) is 7.06. The molecule has 1 aromatic carbocycles. The molecule has 5 nitrogen and oxygen atoms in total. The quantitative estimate of drug-likeness (QED) is 0.786. The predicted octanol–water partition coefficient (Wildman–Crippen LogP) is 2.31. The summed E-state index contributed by atoms with van der Waals surface area (Å²) in [5.41, 5.74) is 1.80. The Morgan fingerprint density at radius 3 is 2.91 bits per heavy atom. The van der Waals surface area contributed by atoms with Gasteiger partial charge in [0.15, 0.2) is 0 Å². The summed E-state index contributed by atoms with van der Waals surface area (Å²) in [6.07, 6.45) is 3.81. The third kappa shape index (κ3) is 2.03. The van der Waals surface area contributed by atoms with Gasteiger partial charge in [-0.25, -0.2) is 8.42 Å². The topological polar surface area (TPSA) is 72.2 Å². The molecule has 0 bridgehead atoms. The Morgan fingerprint density at radius 2 is 2.09 bits per heavy atom. The molecule has 3 aromatic rings. The van der Waals surface area contributed by atoms with Gasteiger partial charge >= 0.3 is 0 Å². The highest BCUT2D eigenvalue weighted by Crippen LogP contribution is 2.31. The summed E-state index contributed by atoms with van der Waals surface area (Å²) in [6.45, 7) is 1.60. The van der Waals surface area contributed by atoms with E-state index in [4.69, 9.17) is 4.42 Å². The molecule has 1 N–H and O–H groups in total. The zero-order chi connectivity index (χ0) is 15.2. The van der Waals surface area contributed by atoms with Crippen molar-refractivity contribution in [2.75, 3.05) is 6.54 Å². The van der Waals surface area contributed by atoms with Crippen molar-refractivity contribution in [3.05, 3.63) is 54.0 Å².